The number of halogens is 1. The lowest BCUT2D eigenvalue weighted by Gasteiger charge is -2.06. The maximum atomic E-state index is 11.9. The van der Waals surface area contributed by atoms with Gasteiger partial charge in [0.1, 0.15) is 11.3 Å². The van der Waals surface area contributed by atoms with Crippen molar-refractivity contribution in [2.24, 2.45) is 0 Å². The molecule has 1 amide bonds. The third-order valence-electron chi connectivity index (χ3n) is 2.95. The van der Waals surface area contributed by atoms with Crippen molar-refractivity contribution >= 4 is 39.5 Å². The quantitative estimate of drug-likeness (QED) is 0.802. The maximum absolute atomic E-state index is 11.9. The summed E-state index contributed by atoms with van der Waals surface area (Å²) < 4.78 is 1.61. The predicted molar refractivity (Wildman–Crippen MR) is 81.8 cm³/mol. The minimum Gasteiger partial charge on any atom is -0.326 e. The number of fused-ring (bicyclic) bond motifs is 1. The second-order valence-electron chi connectivity index (χ2n) is 4.57. The lowest BCUT2D eigenvalue weighted by molar-refractivity contribution is -0.116. The number of nitrogens with one attached hydrogen (secondary N) is 1. The van der Waals surface area contributed by atoms with Crippen LogP contribution in [0.1, 0.15) is 17.0 Å². The summed E-state index contributed by atoms with van der Waals surface area (Å²) in [4.78, 5) is 12.7. The zero-order valence-electron chi connectivity index (χ0n) is 11.2. The van der Waals surface area contributed by atoms with E-state index < -0.39 is 0 Å². The zero-order valence-corrected chi connectivity index (χ0v) is 12.8. The van der Waals surface area contributed by atoms with Gasteiger partial charge in [0, 0.05) is 23.6 Å². The summed E-state index contributed by atoms with van der Waals surface area (Å²) in [7, 11) is 0. The van der Waals surface area contributed by atoms with Crippen molar-refractivity contribution in [3.05, 3.63) is 40.1 Å². The fourth-order valence-electron chi connectivity index (χ4n) is 1.82. The smallest absolute Gasteiger partial charge is 0.234 e. The second-order valence-corrected chi connectivity index (χ2v) is 6.01. The highest BCUT2D eigenvalue weighted by molar-refractivity contribution is 7.16. The maximum Gasteiger partial charge on any atom is 0.234 e. The predicted octanol–water partition coefficient (Wildman–Crippen LogP) is 2.72. The minimum atomic E-state index is -0.0686. The molecule has 0 aliphatic rings. The van der Waals surface area contributed by atoms with E-state index in [1.807, 2.05) is 19.1 Å². The van der Waals surface area contributed by atoms with E-state index in [2.05, 4.69) is 20.6 Å². The highest BCUT2D eigenvalue weighted by atomic mass is 35.5. The van der Waals surface area contributed by atoms with Crippen LogP contribution < -0.4 is 5.32 Å². The van der Waals surface area contributed by atoms with Crippen LogP contribution in [0.2, 0.25) is 5.02 Å². The molecule has 108 valence electrons. The highest BCUT2D eigenvalue weighted by Crippen LogP contribution is 2.20. The van der Waals surface area contributed by atoms with E-state index in [-0.39, 0.29) is 5.91 Å². The summed E-state index contributed by atoms with van der Waals surface area (Å²) in [6, 6.07) is 5.46. The topological polar surface area (TPSA) is 72.2 Å². The molecular formula is C13H12ClN5OS. The molecule has 1 N–H and O–H groups in total. The van der Waals surface area contributed by atoms with E-state index in [0.29, 0.717) is 23.6 Å². The molecule has 0 saturated heterocycles. The van der Waals surface area contributed by atoms with Crippen molar-refractivity contribution in [1.29, 1.82) is 0 Å². The Morgan fingerprint density at radius 2 is 2.33 bits per heavy atom. The first kappa shape index (κ1) is 14.0. The summed E-state index contributed by atoms with van der Waals surface area (Å²) >= 11 is 7.46. The molecule has 21 heavy (non-hydrogen) atoms. The molecule has 0 radical (unpaired) electrons. The average Bonchev–Trinajstić information content (AvgIpc) is 3.01. The fraction of sp³-hybridized carbons (Fsp3) is 0.231. The van der Waals surface area contributed by atoms with Gasteiger partial charge in [0.05, 0.1) is 0 Å². The van der Waals surface area contributed by atoms with Crippen LogP contribution in [-0.4, -0.2) is 25.7 Å². The Hall–Kier alpha value is -1.99. The van der Waals surface area contributed by atoms with Gasteiger partial charge in [-0.15, -0.1) is 10.2 Å². The molecule has 3 rings (SSSR count). The van der Waals surface area contributed by atoms with Gasteiger partial charge in [-0.3, -0.25) is 4.79 Å². The number of amides is 1. The number of hydrogen-bond donors (Lipinski definition) is 1. The van der Waals surface area contributed by atoms with Crippen LogP contribution in [0.4, 0.5) is 5.69 Å². The molecule has 0 aliphatic carbocycles. The van der Waals surface area contributed by atoms with E-state index in [9.17, 15) is 4.79 Å². The van der Waals surface area contributed by atoms with E-state index in [0.717, 1.165) is 15.5 Å². The van der Waals surface area contributed by atoms with Crippen LogP contribution in [0.25, 0.3) is 4.96 Å². The standard InChI is InChI=1S/C13H12ClN5OS/c1-8-2-3-9(6-10(8)14)16-11(20)4-5-12-18-19-7-15-17-13(19)21-12/h2-3,6-7H,4-5H2,1H3,(H,16,20). The summed E-state index contributed by atoms with van der Waals surface area (Å²) in [5.74, 6) is -0.0686. The molecule has 0 aliphatic heterocycles. The van der Waals surface area contributed by atoms with Gasteiger partial charge in [0.25, 0.3) is 0 Å². The lowest BCUT2D eigenvalue weighted by atomic mass is 10.2. The van der Waals surface area contributed by atoms with Gasteiger partial charge in [0.2, 0.25) is 10.9 Å². The Balaban J connectivity index is 1.58. The Bertz CT molecular complexity index is 768. The summed E-state index contributed by atoms with van der Waals surface area (Å²) in [5, 5.41) is 16.3. The molecule has 3 aromatic rings. The molecule has 6 nitrogen and oxygen atoms in total. The van der Waals surface area contributed by atoms with Crippen LogP contribution in [-0.2, 0) is 11.2 Å². The van der Waals surface area contributed by atoms with Crippen LogP contribution in [0, 0.1) is 6.92 Å². The zero-order chi connectivity index (χ0) is 14.8. The van der Waals surface area contributed by atoms with Crippen LogP contribution in [0.5, 0.6) is 0 Å². The average molecular weight is 322 g/mol. The van der Waals surface area contributed by atoms with Crippen molar-refractivity contribution in [2.75, 3.05) is 5.32 Å². The molecule has 2 aromatic heterocycles. The van der Waals surface area contributed by atoms with Crippen LogP contribution in [0.3, 0.4) is 0 Å². The Kier molecular flexibility index (Phi) is 3.85. The summed E-state index contributed by atoms with van der Waals surface area (Å²) in [5.41, 5.74) is 1.68. The Labute approximate surface area is 129 Å². The highest BCUT2D eigenvalue weighted by Gasteiger charge is 2.09. The van der Waals surface area contributed by atoms with Gasteiger partial charge in [0.15, 0.2) is 0 Å². The van der Waals surface area contributed by atoms with E-state index in [1.165, 1.54) is 11.3 Å². The first-order valence-electron chi connectivity index (χ1n) is 6.33. The van der Waals surface area contributed by atoms with E-state index in [1.54, 1.807) is 16.9 Å². The van der Waals surface area contributed by atoms with Gasteiger partial charge in [-0.1, -0.05) is 29.0 Å². The molecule has 0 saturated carbocycles. The fourth-order valence-corrected chi connectivity index (χ4v) is 2.81. The van der Waals surface area contributed by atoms with Gasteiger partial charge in [-0.25, -0.2) is 0 Å². The van der Waals surface area contributed by atoms with Crippen LogP contribution >= 0.6 is 22.9 Å². The van der Waals surface area contributed by atoms with Gasteiger partial charge in [-0.05, 0) is 24.6 Å². The number of aryl methyl sites for hydroxylation is 2. The van der Waals surface area contributed by atoms with Gasteiger partial charge < -0.3 is 5.32 Å². The van der Waals surface area contributed by atoms with E-state index >= 15 is 0 Å². The lowest BCUT2D eigenvalue weighted by Crippen LogP contribution is -2.12. The van der Waals surface area contributed by atoms with Crippen molar-refractivity contribution in [3.63, 3.8) is 0 Å². The molecule has 8 heteroatoms. The van der Waals surface area contributed by atoms with Gasteiger partial charge in [-0.2, -0.15) is 9.61 Å². The third kappa shape index (κ3) is 3.20. The number of nitrogens with zero attached hydrogens (tertiary/aromatic N) is 4. The summed E-state index contributed by atoms with van der Waals surface area (Å²) in [6.45, 7) is 1.92. The first-order chi connectivity index (χ1) is 10.1. The summed E-state index contributed by atoms with van der Waals surface area (Å²) in [6.07, 6.45) is 2.47. The normalized spacial score (nSPS) is 11.0. The van der Waals surface area contributed by atoms with Crippen molar-refractivity contribution in [2.45, 2.75) is 19.8 Å². The minimum absolute atomic E-state index is 0.0686. The number of rotatable bonds is 4. The molecule has 0 fully saturated rings. The Morgan fingerprint density at radius 1 is 1.48 bits per heavy atom. The molecule has 0 unspecified atom stereocenters. The molecular weight excluding hydrogens is 310 g/mol. The number of hydrogen-bond acceptors (Lipinski definition) is 5. The number of carbonyl (C=O) groups is 1. The van der Waals surface area contributed by atoms with Crippen LogP contribution in [0.15, 0.2) is 24.5 Å². The monoisotopic (exact) mass is 321 g/mol. The molecule has 1 aromatic carbocycles. The molecule has 0 atom stereocenters. The number of anilines is 1. The SMILES string of the molecule is Cc1ccc(NC(=O)CCc2nn3cnnc3s2)cc1Cl. The number of benzene rings is 1. The molecule has 0 bridgehead atoms. The largest absolute Gasteiger partial charge is 0.326 e. The van der Waals surface area contributed by atoms with E-state index in [4.69, 9.17) is 11.6 Å². The third-order valence-corrected chi connectivity index (χ3v) is 4.33. The second kappa shape index (κ2) is 5.79. The number of aromatic nitrogens is 4. The molecule has 0 spiro atoms. The Morgan fingerprint density at radius 3 is 3.10 bits per heavy atom. The van der Waals surface area contributed by atoms with Crippen molar-refractivity contribution < 1.29 is 4.79 Å². The molecule has 2 heterocycles. The van der Waals surface area contributed by atoms with Crippen molar-refractivity contribution in [3.8, 4) is 0 Å². The van der Waals surface area contributed by atoms with Crippen molar-refractivity contribution in [1.82, 2.24) is 19.8 Å². The first-order valence-corrected chi connectivity index (χ1v) is 7.53. The van der Waals surface area contributed by atoms with Gasteiger partial charge >= 0.3 is 0 Å². The number of carbonyl (C=O) groups excluding carboxylic acids is 1.